The molecular weight excluding hydrogens is 164 g/mol. The van der Waals surface area contributed by atoms with E-state index < -0.39 is 0 Å². The monoisotopic (exact) mass is 184 g/mol. The van der Waals surface area contributed by atoms with Crippen LogP contribution in [0.3, 0.4) is 0 Å². The third-order valence-corrected chi connectivity index (χ3v) is 2.76. The van der Waals surface area contributed by atoms with Gasteiger partial charge in [0, 0.05) is 19.5 Å². The van der Waals surface area contributed by atoms with Gasteiger partial charge in [-0.25, -0.2) is 0 Å². The summed E-state index contributed by atoms with van der Waals surface area (Å²) in [5.74, 6) is 1.08. The zero-order valence-corrected chi connectivity index (χ0v) is 8.68. The fourth-order valence-electron chi connectivity index (χ4n) is 1.90. The van der Waals surface area contributed by atoms with Crippen LogP contribution in [0.1, 0.15) is 26.2 Å². The molecule has 1 fully saturated rings. The second-order valence-corrected chi connectivity index (χ2v) is 3.74. The fraction of sp³-hybridized carbons (Fsp3) is 0.900. The minimum atomic E-state index is 0.308. The van der Waals surface area contributed by atoms with E-state index in [1.54, 1.807) is 0 Å². The molecule has 0 aromatic heterocycles. The standard InChI is InChI=1S/C10H20N2O/c1-3-10(13)12-6-4-9(5-7-12)8-11-2/h9,11H,3-8H2,1-2H3. The Balaban J connectivity index is 2.26. The van der Waals surface area contributed by atoms with Crippen molar-refractivity contribution in [2.24, 2.45) is 5.92 Å². The number of carbonyl (C=O) groups is 1. The Morgan fingerprint density at radius 3 is 2.54 bits per heavy atom. The molecule has 1 aliphatic rings. The lowest BCUT2D eigenvalue weighted by atomic mass is 9.97. The minimum absolute atomic E-state index is 0.308. The van der Waals surface area contributed by atoms with Gasteiger partial charge in [0.2, 0.25) is 5.91 Å². The molecule has 0 bridgehead atoms. The van der Waals surface area contributed by atoms with E-state index in [9.17, 15) is 4.79 Å². The second-order valence-electron chi connectivity index (χ2n) is 3.74. The maximum Gasteiger partial charge on any atom is 0.222 e. The predicted molar refractivity (Wildman–Crippen MR) is 53.5 cm³/mol. The van der Waals surface area contributed by atoms with E-state index in [2.05, 4.69) is 5.32 Å². The van der Waals surface area contributed by atoms with Crippen LogP contribution in [0.2, 0.25) is 0 Å². The van der Waals surface area contributed by atoms with Gasteiger partial charge in [0.1, 0.15) is 0 Å². The third-order valence-electron chi connectivity index (χ3n) is 2.76. The van der Waals surface area contributed by atoms with Crippen LogP contribution >= 0.6 is 0 Å². The number of carbonyl (C=O) groups excluding carboxylic acids is 1. The predicted octanol–water partition coefficient (Wildman–Crippen LogP) is 0.854. The molecular formula is C10H20N2O. The largest absolute Gasteiger partial charge is 0.343 e. The first kappa shape index (κ1) is 10.5. The quantitative estimate of drug-likeness (QED) is 0.705. The average molecular weight is 184 g/mol. The third kappa shape index (κ3) is 2.99. The normalized spacial score (nSPS) is 19.1. The van der Waals surface area contributed by atoms with Crippen molar-refractivity contribution in [2.75, 3.05) is 26.7 Å². The van der Waals surface area contributed by atoms with E-state index in [1.807, 2.05) is 18.9 Å². The molecule has 0 atom stereocenters. The first-order chi connectivity index (χ1) is 6.27. The molecule has 0 radical (unpaired) electrons. The molecule has 1 amide bonds. The number of rotatable bonds is 3. The number of hydrogen-bond donors (Lipinski definition) is 1. The second kappa shape index (κ2) is 5.22. The minimum Gasteiger partial charge on any atom is -0.343 e. The van der Waals surface area contributed by atoms with Gasteiger partial charge in [-0.2, -0.15) is 0 Å². The highest BCUT2D eigenvalue weighted by atomic mass is 16.2. The van der Waals surface area contributed by atoms with Gasteiger partial charge in [0.25, 0.3) is 0 Å². The van der Waals surface area contributed by atoms with Gasteiger partial charge < -0.3 is 10.2 Å². The molecule has 1 saturated heterocycles. The summed E-state index contributed by atoms with van der Waals surface area (Å²) in [5.41, 5.74) is 0. The first-order valence-corrected chi connectivity index (χ1v) is 5.20. The van der Waals surface area contributed by atoms with Gasteiger partial charge in [-0.15, -0.1) is 0 Å². The zero-order chi connectivity index (χ0) is 9.68. The van der Waals surface area contributed by atoms with Crippen LogP contribution in [0.5, 0.6) is 0 Å². The highest BCUT2D eigenvalue weighted by Crippen LogP contribution is 2.16. The van der Waals surface area contributed by atoms with E-state index in [4.69, 9.17) is 0 Å². The van der Waals surface area contributed by atoms with E-state index in [1.165, 1.54) is 0 Å². The van der Waals surface area contributed by atoms with Crippen LogP contribution in [-0.4, -0.2) is 37.5 Å². The molecule has 0 aromatic carbocycles. The van der Waals surface area contributed by atoms with Crippen molar-refractivity contribution < 1.29 is 4.79 Å². The summed E-state index contributed by atoms with van der Waals surface area (Å²) in [6, 6.07) is 0. The van der Waals surface area contributed by atoms with Crippen molar-refractivity contribution in [1.29, 1.82) is 0 Å². The number of piperidine rings is 1. The number of nitrogens with one attached hydrogen (secondary N) is 1. The van der Waals surface area contributed by atoms with Gasteiger partial charge >= 0.3 is 0 Å². The molecule has 1 aliphatic heterocycles. The summed E-state index contributed by atoms with van der Waals surface area (Å²) in [6.45, 7) is 4.94. The number of hydrogen-bond acceptors (Lipinski definition) is 2. The lowest BCUT2D eigenvalue weighted by molar-refractivity contribution is -0.132. The SMILES string of the molecule is CCC(=O)N1CCC(CNC)CC1. The van der Waals surface area contributed by atoms with E-state index >= 15 is 0 Å². The maximum absolute atomic E-state index is 11.3. The van der Waals surface area contributed by atoms with Crippen LogP contribution in [-0.2, 0) is 4.79 Å². The Bertz CT molecular complexity index is 162. The van der Waals surface area contributed by atoms with Crippen molar-refractivity contribution >= 4 is 5.91 Å². The molecule has 1 N–H and O–H groups in total. The first-order valence-electron chi connectivity index (χ1n) is 5.20. The molecule has 13 heavy (non-hydrogen) atoms. The summed E-state index contributed by atoms with van der Waals surface area (Å²) >= 11 is 0. The summed E-state index contributed by atoms with van der Waals surface area (Å²) in [5, 5.41) is 3.19. The highest BCUT2D eigenvalue weighted by Gasteiger charge is 2.20. The lowest BCUT2D eigenvalue weighted by Gasteiger charge is -2.31. The molecule has 1 heterocycles. The van der Waals surface area contributed by atoms with E-state index in [-0.39, 0.29) is 0 Å². The summed E-state index contributed by atoms with van der Waals surface area (Å²) in [6.07, 6.45) is 2.97. The molecule has 76 valence electrons. The number of likely N-dealkylation sites (tertiary alicyclic amines) is 1. The highest BCUT2D eigenvalue weighted by molar-refractivity contribution is 5.75. The zero-order valence-electron chi connectivity index (χ0n) is 8.68. The summed E-state index contributed by atoms with van der Waals surface area (Å²) in [4.78, 5) is 13.3. The van der Waals surface area contributed by atoms with Crippen molar-refractivity contribution in [3.8, 4) is 0 Å². The Morgan fingerprint density at radius 1 is 1.46 bits per heavy atom. The van der Waals surface area contributed by atoms with Crippen molar-refractivity contribution in [1.82, 2.24) is 10.2 Å². The molecule has 0 unspecified atom stereocenters. The Labute approximate surface area is 80.5 Å². The average Bonchev–Trinajstić information content (AvgIpc) is 2.18. The van der Waals surface area contributed by atoms with Crippen LogP contribution < -0.4 is 5.32 Å². The van der Waals surface area contributed by atoms with Crippen molar-refractivity contribution in [3.05, 3.63) is 0 Å². The molecule has 1 rings (SSSR count). The number of amides is 1. The van der Waals surface area contributed by atoms with E-state index in [0.29, 0.717) is 12.3 Å². The van der Waals surface area contributed by atoms with Gasteiger partial charge in [0.05, 0.1) is 0 Å². The maximum atomic E-state index is 11.3. The van der Waals surface area contributed by atoms with E-state index in [0.717, 1.165) is 38.4 Å². The Morgan fingerprint density at radius 2 is 2.08 bits per heavy atom. The fourth-order valence-corrected chi connectivity index (χ4v) is 1.90. The lowest BCUT2D eigenvalue weighted by Crippen LogP contribution is -2.40. The molecule has 0 aliphatic carbocycles. The van der Waals surface area contributed by atoms with Gasteiger partial charge in [0.15, 0.2) is 0 Å². The summed E-state index contributed by atoms with van der Waals surface area (Å²) in [7, 11) is 1.99. The van der Waals surface area contributed by atoms with Crippen molar-refractivity contribution in [2.45, 2.75) is 26.2 Å². The van der Waals surface area contributed by atoms with Crippen LogP contribution in [0.15, 0.2) is 0 Å². The van der Waals surface area contributed by atoms with Gasteiger partial charge in [-0.1, -0.05) is 6.92 Å². The van der Waals surface area contributed by atoms with Crippen molar-refractivity contribution in [3.63, 3.8) is 0 Å². The smallest absolute Gasteiger partial charge is 0.222 e. The van der Waals surface area contributed by atoms with Gasteiger partial charge in [-0.05, 0) is 32.4 Å². The summed E-state index contributed by atoms with van der Waals surface area (Å²) < 4.78 is 0. The van der Waals surface area contributed by atoms with Crippen LogP contribution in [0, 0.1) is 5.92 Å². The molecule has 0 spiro atoms. The molecule has 3 heteroatoms. The van der Waals surface area contributed by atoms with Crippen LogP contribution in [0.25, 0.3) is 0 Å². The topological polar surface area (TPSA) is 32.3 Å². The van der Waals surface area contributed by atoms with Gasteiger partial charge in [-0.3, -0.25) is 4.79 Å². The molecule has 3 nitrogen and oxygen atoms in total. The molecule has 0 saturated carbocycles. The van der Waals surface area contributed by atoms with Crippen LogP contribution in [0.4, 0.5) is 0 Å². The Hall–Kier alpha value is -0.570. The molecule has 0 aromatic rings. The number of nitrogens with zero attached hydrogens (tertiary/aromatic N) is 1. The Kier molecular flexibility index (Phi) is 4.22.